The summed E-state index contributed by atoms with van der Waals surface area (Å²) in [6.07, 6.45) is 4.75. The van der Waals surface area contributed by atoms with Gasteiger partial charge in [-0.25, -0.2) is 0 Å². The summed E-state index contributed by atoms with van der Waals surface area (Å²) in [4.78, 5) is 9.34. The number of rotatable bonds is 7. The van der Waals surface area contributed by atoms with Crippen molar-refractivity contribution in [1.82, 2.24) is 9.97 Å². The van der Waals surface area contributed by atoms with Gasteiger partial charge >= 0.3 is 0 Å². The first-order chi connectivity index (χ1) is 26.1. The fourth-order valence-corrected chi connectivity index (χ4v) is 6.85. The Labute approximate surface area is 330 Å². The Morgan fingerprint density at radius 1 is 0.648 bits per heavy atom. The molecular weight excluding hydrogens is 837 g/mol. The van der Waals surface area contributed by atoms with E-state index in [1.54, 1.807) is 0 Å². The summed E-state index contributed by atoms with van der Waals surface area (Å²) in [5, 5.41) is 2.22. The van der Waals surface area contributed by atoms with Crippen molar-refractivity contribution in [2.75, 3.05) is 0 Å². The van der Waals surface area contributed by atoms with Crippen molar-refractivity contribution in [2.24, 2.45) is 0 Å². The van der Waals surface area contributed by atoms with Gasteiger partial charge in [-0.1, -0.05) is 146 Å². The van der Waals surface area contributed by atoms with Gasteiger partial charge in [0.15, 0.2) is 0 Å². The first kappa shape index (κ1) is 36.4. The van der Waals surface area contributed by atoms with Crippen LogP contribution in [0.1, 0.15) is 40.7 Å². The average molecular weight is 875 g/mol. The number of fused-ring (bicyclic) bond motifs is 3. The van der Waals surface area contributed by atoms with Crippen LogP contribution in [-0.4, -0.2) is 9.97 Å². The molecule has 6 aromatic carbocycles. The second-order valence-corrected chi connectivity index (χ2v) is 13.3. The summed E-state index contributed by atoms with van der Waals surface area (Å²) < 4.78 is 6.12. The van der Waals surface area contributed by atoms with E-state index in [9.17, 15) is 0 Å². The average Bonchev–Trinajstić information content (AvgIpc) is 3.61. The molecule has 0 fully saturated rings. The zero-order valence-electron chi connectivity index (χ0n) is 30.2. The van der Waals surface area contributed by atoms with E-state index in [2.05, 4.69) is 152 Å². The summed E-state index contributed by atoms with van der Waals surface area (Å²) in [5.74, 6) is 0.272. The minimum absolute atomic E-state index is 0. The van der Waals surface area contributed by atoms with E-state index >= 15 is 0 Å². The zero-order valence-corrected chi connectivity index (χ0v) is 32.6. The summed E-state index contributed by atoms with van der Waals surface area (Å²) in [6.45, 7) is 4.34. The van der Waals surface area contributed by atoms with Gasteiger partial charge in [0, 0.05) is 49.4 Å². The second-order valence-electron chi connectivity index (χ2n) is 13.3. The van der Waals surface area contributed by atoms with Crippen LogP contribution in [0.15, 0.2) is 181 Å². The van der Waals surface area contributed by atoms with Crippen molar-refractivity contribution in [1.29, 1.82) is 0 Å². The van der Waals surface area contributed by atoms with E-state index in [0.717, 1.165) is 50.9 Å². The van der Waals surface area contributed by atoms with Crippen LogP contribution in [0.25, 0.3) is 55.6 Å². The number of furan rings is 1. The first-order valence-corrected chi connectivity index (χ1v) is 18.0. The van der Waals surface area contributed by atoms with Crippen LogP contribution < -0.4 is 0 Å². The molecule has 3 heterocycles. The second kappa shape index (κ2) is 16.8. The van der Waals surface area contributed by atoms with E-state index in [1.807, 2.05) is 54.9 Å². The van der Waals surface area contributed by atoms with Crippen molar-refractivity contribution in [2.45, 2.75) is 26.2 Å². The summed E-state index contributed by atoms with van der Waals surface area (Å²) >= 11 is 0. The Balaban J connectivity index is 0.000000164. The molecule has 0 saturated carbocycles. The molecule has 54 heavy (non-hydrogen) atoms. The molecule has 9 rings (SSSR count). The Hall–Kier alpha value is -5.93. The third kappa shape index (κ3) is 8.01. The molecule has 0 amide bonds. The molecular formula is C50H38IrN2O-2. The Bertz CT molecular complexity index is 2600. The van der Waals surface area contributed by atoms with E-state index in [0.29, 0.717) is 0 Å². The molecule has 0 bridgehead atoms. The summed E-state index contributed by atoms with van der Waals surface area (Å²) in [7, 11) is 0. The number of hydrogen-bond donors (Lipinski definition) is 0. The number of aryl methyl sites for hydroxylation is 1. The number of nitrogens with zero attached hydrogens (tertiary/aromatic N) is 2. The van der Waals surface area contributed by atoms with Gasteiger partial charge < -0.3 is 14.4 Å². The fraction of sp³-hybridized carbons (Fsp3) is 0.0800. The molecule has 4 heteroatoms. The van der Waals surface area contributed by atoms with Crippen molar-refractivity contribution >= 4 is 21.9 Å². The van der Waals surface area contributed by atoms with Gasteiger partial charge in [-0.05, 0) is 57.8 Å². The Morgan fingerprint density at radius 2 is 1.37 bits per heavy atom. The standard InChI is InChI=1S/C26H22N.C24H16NO.Ir/c1-19-13-15-23(16-14-19)26-17-24(20(2)21-9-5-3-6-10-21)25(18-27-26)22-11-7-4-8-12-22;1-2-7-17(8-3-1)15-18-13-14-25-22(16-18)21-11-6-10-20-19-9-4-5-12-23(19)26-24(20)21;/h3-15,17-18,20H,1-2H3;1-10,12-14,16H,15H2;/q2*-1;. The molecule has 1 atom stereocenters. The minimum atomic E-state index is 0. The number of aromatic nitrogens is 2. The van der Waals surface area contributed by atoms with Gasteiger partial charge in [0.1, 0.15) is 5.58 Å². The molecule has 0 N–H and O–H groups in total. The number of para-hydroxylation sites is 1. The van der Waals surface area contributed by atoms with E-state index < -0.39 is 0 Å². The van der Waals surface area contributed by atoms with Crippen molar-refractivity contribution in [3.05, 3.63) is 216 Å². The normalized spacial score (nSPS) is 11.4. The SMILES string of the molecule is Cc1c[c-]c(-c2cc(C(C)c3ccccc3)c(-c3ccccc3)cn2)cc1.[Ir].[c-]1ccc2c(oc3ccccc32)c1-c1cc(Cc2ccccc2)ccn1. The molecule has 0 saturated heterocycles. The van der Waals surface area contributed by atoms with Crippen molar-refractivity contribution in [3.63, 3.8) is 0 Å². The molecule has 9 aromatic rings. The first-order valence-electron chi connectivity index (χ1n) is 18.0. The number of pyridine rings is 2. The topological polar surface area (TPSA) is 38.9 Å². The van der Waals surface area contributed by atoms with Crippen molar-refractivity contribution < 1.29 is 24.5 Å². The zero-order chi connectivity index (χ0) is 36.0. The van der Waals surface area contributed by atoms with Crippen LogP contribution in [0, 0.1) is 19.1 Å². The van der Waals surface area contributed by atoms with Gasteiger partial charge in [0.2, 0.25) is 0 Å². The third-order valence-corrected chi connectivity index (χ3v) is 9.70. The maximum Gasteiger partial charge on any atom is 0.120 e. The quantitative estimate of drug-likeness (QED) is 0.150. The Kier molecular flexibility index (Phi) is 11.3. The fourth-order valence-electron chi connectivity index (χ4n) is 6.85. The minimum Gasteiger partial charge on any atom is -0.501 e. The molecule has 0 aliphatic carbocycles. The largest absolute Gasteiger partial charge is 0.501 e. The predicted molar refractivity (Wildman–Crippen MR) is 218 cm³/mol. The van der Waals surface area contributed by atoms with E-state index in [4.69, 9.17) is 9.40 Å². The molecule has 3 aromatic heterocycles. The molecule has 265 valence electrons. The van der Waals surface area contributed by atoms with Crippen molar-refractivity contribution in [3.8, 4) is 33.6 Å². The van der Waals surface area contributed by atoms with E-state index in [-0.39, 0.29) is 26.0 Å². The smallest absolute Gasteiger partial charge is 0.120 e. The molecule has 3 nitrogen and oxygen atoms in total. The van der Waals surface area contributed by atoms with Crippen LogP contribution in [0.5, 0.6) is 0 Å². The number of benzene rings is 6. The molecule has 0 aliphatic rings. The van der Waals surface area contributed by atoms with Crippen LogP contribution in [0.4, 0.5) is 0 Å². The summed E-state index contributed by atoms with van der Waals surface area (Å²) in [6, 6.07) is 63.1. The van der Waals surface area contributed by atoms with Crippen LogP contribution in [-0.2, 0) is 26.5 Å². The van der Waals surface area contributed by atoms with Crippen LogP contribution in [0.3, 0.4) is 0 Å². The maximum atomic E-state index is 6.12. The summed E-state index contributed by atoms with van der Waals surface area (Å²) in [5.41, 5.74) is 14.2. The molecule has 1 unspecified atom stereocenters. The van der Waals surface area contributed by atoms with Gasteiger partial charge in [-0.2, -0.15) is 0 Å². The van der Waals surface area contributed by atoms with Crippen LogP contribution >= 0.6 is 0 Å². The number of hydrogen-bond acceptors (Lipinski definition) is 3. The van der Waals surface area contributed by atoms with Gasteiger partial charge in [-0.15, -0.1) is 53.6 Å². The molecule has 0 aliphatic heterocycles. The molecule has 0 spiro atoms. The monoisotopic (exact) mass is 875 g/mol. The Morgan fingerprint density at radius 3 is 2.13 bits per heavy atom. The van der Waals surface area contributed by atoms with Gasteiger partial charge in [0.25, 0.3) is 0 Å². The third-order valence-electron chi connectivity index (χ3n) is 9.70. The predicted octanol–water partition coefficient (Wildman–Crippen LogP) is 12.7. The molecule has 1 radical (unpaired) electrons. The van der Waals surface area contributed by atoms with Gasteiger partial charge in [0.05, 0.1) is 5.58 Å². The van der Waals surface area contributed by atoms with Gasteiger partial charge in [-0.3, -0.25) is 0 Å². The van der Waals surface area contributed by atoms with Crippen LogP contribution in [0.2, 0.25) is 0 Å². The van der Waals surface area contributed by atoms with E-state index in [1.165, 1.54) is 38.9 Å². The maximum absolute atomic E-state index is 6.12.